The Morgan fingerprint density at radius 2 is 1.90 bits per heavy atom. The Balaban J connectivity index is 4.45. The third-order valence-electron chi connectivity index (χ3n) is 1.38. The molecule has 0 amide bonds. The molecule has 0 spiro atoms. The average molecular weight is 143 g/mol. The highest BCUT2D eigenvalue weighted by Crippen LogP contribution is 2.06. The molecule has 0 rings (SSSR count). The van der Waals surface area contributed by atoms with Gasteiger partial charge in [-0.3, -0.25) is 0 Å². The minimum Gasteiger partial charge on any atom is -0.478 e. The van der Waals surface area contributed by atoms with Crippen molar-refractivity contribution in [1.29, 1.82) is 0 Å². The van der Waals surface area contributed by atoms with E-state index in [1.165, 1.54) is 0 Å². The zero-order valence-electron chi connectivity index (χ0n) is 6.35. The number of hydrogen-bond acceptors (Lipinski definition) is 2. The summed E-state index contributed by atoms with van der Waals surface area (Å²) in [5.74, 6) is -0.901. The molecule has 0 aromatic heterocycles. The van der Waals surface area contributed by atoms with Crippen molar-refractivity contribution in [2.75, 3.05) is 0 Å². The summed E-state index contributed by atoms with van der Waals surface area (Å²) in [5.41, 5.74) is 6.24. The van der Waals surface area contributed by atoms with Gasteiger partial charge in [-0.2, -0.15) is 0 Å². The molecule has 0 unspecified atom stereocenters. The summed E-state index contributed by atoms with van der Waals surface area (Å²) in [7, 11) is 0. The number of aliphatic carboxylic acids is 1. The molecule has 0 saturated carbocycles. The molecule has 3 nitrogen and oxygen atoms in total. The van der Waals surface area contributed by atoms with E-state index in [0.29, 0.717) is 24.1 Å². The van der Waals surface area contributed by atoms with Crippen LogP contribution in [0, 0.1) is 0 Å². The monoisotopic (exact) mass is 143 g/mol. The first-order valence-corrected chi connectivity index (χ1v) is 3.34. The number of rotatable bonds is 3. The van der Waals surface area contributed by atoms with Gasteiger partial charge in [0.15, 0.2) is 0 Å². The Labute approximate surface area is 60.5 Å². The lowest BCUT2D eigenvalue weighted by Gasteiger charge is -2.01. The SMILES string of the molecule is CCC(N)=C(CC)C(=O)O. The van der Waals surface area contributed by atoms with Crippen LogP contribution >= 0.6 is 0 Å². The van der Waals surface area contributed by atoms with Gasteiger partial charge in [0.05, 0.1) is 5.57 Å². The fourth-order valence-corrected chi connectivity index (χ4v) is 0.729. The van der Waals surface area contributed by atoms with Crippen molar-refractivity contribution in [1.82, 2.24) is 0 Å². The fraction of sp³-hybridized carbons (Fsp3) is 0.571. The van der Waals surface area contributed by atoms with Crippen LogP contribution in [0.5, 0.6) is 0 Å². The van der Waals surface area contributed by atoms with E-state index < -0.39 is 5.97 Å². The van der Waals surface area contributed by atoms with Gasteiger partial charge in [-0.25, -0.2) is 4.79 Å². The predicted molar refractivity (Wildman–Crippen MR) is 39.4 cm³/mol. The highest BCUT2D eigenvalue weighted by Gasteiger charge is 2.07. The summed E-state index contributed by atoms with van der Waals surface area (Å²) in [5, 5.41) is 8.54. The van der Waals surface area contributed by atoms with Gasteiger partial charge in [0, 0.05) is 5.70 Å². The van der Waals surface area contributed by atoms with Crippen molar-refractivity contribution in [3.8, 4) is 0 Å². The lowest BCUT2D eigenvalue weighted by Crippen LogP contribution is -2.08. The molecule has 0 atom stereocenters. The van der Waals surface area contributed by atoms with E-state index in [1.54, 1.807) is 6.92 Å². The van der Waals surface area contributed by atoms with Gasteiger partial charge >= 0.3 is 5.97 Å². The van der Waals surface area contributed by atoms with Gasteiger partial charge in [0.25, 0.3) is 0 Å². The summed E-state index contributed by atoms with van der Waals surface area (Å²) in [4.78, 5) is 10.4. The Morgan fingerprint density at radius 1 is 1.40 bits per heavy atom. The molecule has 0 radical (unpaired) electrons. The maximum atomic E-state index is 10.4. The van der Waals surface area contributed by atoms with Gasteiger partial charge < -0.3 is 10.8 Å². The summed E-state index contributed by atoms with van der Waals surface area (Å²) in [6, 6.07) is 0. The normalized spacial score (nSPS) is 12.6. The van der Waals surface area contributed by atoms with Gasteiger partial charge in [0.2, 0.25) is 0 Å². The molecule has 0 saturated heterocycles. The number of nitrogens with two attached hydrogens (primary N) is 1. The van der Waals surface area contributed by atoms with Crippen LogP contribution in [-0.4, -0.2) is 11.1 Å². The number of carboxylic acids is 1. The molecular formula is C7H13NO2. The number of hydrogen-bond donors (Lipinski definition) is 2. The molecule has 3 N–H and O–H groups in total. The first-order chi connectivity index (χ1) is 4.63. The maximum absolute atomic E-state index is 10.4. The largest absolute Gasteiger partial charge is 0.478 e. The molecule has 3 heteroatoms. The molecule has 0 aromatic rings. The summed E-state index contributed by atoms with van der Waals surface area (Å²) < 4.78 is 0. The fourth-order valence-electron chi connectivity index (χ4n) is 0.729. The Kier molecular flexibility index (Phi) is 3.54. The highest BCUT2D eigenvalue weighted by molar-refractivity contribution is 5.87. The number of allylic oxidation sites excluding steroid dienone is 1. The molecule has 0 fully saturated rings. The standard InChI is InChI=1S/C7H13NO2/c1-3-5(7(9)10)6(8)4-2/h3-4,8H2,1-2H3,(H,9,10). The van der Waals surface area contributed by atoms with Crippen LogP contribution in [0.3, 0.4) is 0 Å². The van der Waals surface area contributed by atoms with Crippen molar-refractivity contribution in [3.63, 3.8) is 0 Å². The molecule has 10 heavy (non-hydrogen) atoms. The highest BCUT2D eigenvalue weighted by atomic mass is 16.4. The van der Waals surface area contributed by atoms with Crippen molar-refractivity contribution < 1.29 is 9.90 Å². The van der Waals surface area contributed by atoms with Crippen LogP contribution in [0.4, 0.5) is 0 Å². The molecular weight excluding hydrogens is 130 g/mol. The Morgan fingerprint density at radius 3 is 2.00 bits per heavy atom. The van der Waals surface area contributed by atoms with E-state index >= 15 is 0 Å². The van der Waals surface area contributed by atoms with E-state index in [-0.39, 0.29) is 0 Å². The first-order valence-electron chi connectivity index (χ1n) is 3.34. The Bertz CT molecular complexity index is 161. The smallest absolute Gasteiger partial charge is 0.333 e. The van der Waals surface area contributed by atoms with E-state index in [0.717, 1.165) is 0 Å². The second kappa shape index (κ2) is 3.93. The van der Waals surface area contributed by atoms with Crippen LogP contribution in [0.25, 0.3) is 0 Å². The van der Waals surface area contributed by atoms with E-state index in [9.17, 15) is 4.79 Å². The Hall–Kier alpha value is -0.990. The zero-order valence-corrected chi connectivity index (χ0v) is 6.35. The average Bonchev–Trinajstić information content (AvgIpc) is 1.88. The van der Waals surface area contributed by atoms with E-state index in [2.05, 4.69) is 0 Å². The summed E-state index contributed by atoms with van der Waals surface area (Å²) >= 11 is 0. The zero-order chi connectivity index (χ0) is 8.15. The maximum Gasteiger partial charge on any atom is 0.333 e. The van der Waals surface area contributed by atoms with Crippen LogP contribution in [-0.2, 0) is 4.79 Å². The molecule has 0 bridgehead atoms. The van der Waals surface area contributed by atoms with Crippen LogP contribution in [0.1, 0.15) is 26.7 Å². The number of carboxylic acid groups (broad SMARTS) is 1. The quantitative estimate of drug-likeness (QED) is 0.581. The van der Waals surface area contributed by atoms with Crippen molar-refractivity contribution in [2.45, 2.75) is 26.7 Å². The van der Waals surface area contributed by atoms with Crippen LogP contribution in [0.15, 0.2) is 11.3 Å². The lowest BCUT2D eigenvalue weighted by atomic mass is 10.1. The predicted octanol–water partition coefficient (Wildman–Crippen LogP) is 1.10. The van der Waals surface area contributed by atoms with E-state index in [1.807, 2.05) is 6.92 Å². The minimum absolute atomic E-state index is 0.336. The first kappa shape index (κ1) is 9.01. The third-order valence-corrected chi connectivity index (χ3v) is 1.38. The lowest BCUT2D eigenvalue weighted by molar-refractivity contribution is -0.132. The molecule has 0 aromatic carbocycles. The van der Waals surface area contributed by atoms with Crippen molar-refractivity contribution in [2.24, 2.45) is 5.73 Å². The summed E-state index contributed by atoms with van der Waals surface area (Å²) in [6.07, 6.45) is 1.10. The molecule has 0 aliphatic rings. The molecule has 0 heterocycles. The second-order valence-electron chi connectivity index (χ2n) is 2.02. The minimum atomic E-state index is -0.901. The molecule has 0 aliphatic carbocycles. The van der Waals surface area contributed by atoms with Crippen molar-refractivity contribution >= 4 is 5.97 Å². The summed E-state index contributed by atoms with van der Waals surface area (Å²) in [6.45, 7) is 3.62. The van der Waals surface area contributed by atoms with Gasteiger partial charge in [-0.1, -0.05) is 13.8 Å². The van der Waals surface area contributed by atoms with Crippen molar-refractivity contribution in [3.05, 3.63) is 11.3 Å². The topological polar surface area (TPSA) is 63.3 Å². The molecule has 58 valence electrons. The van der Waals surface area contributed by atoms with Gasteiger partial charge in [-0.05, 0) is 12.8 Å². The number of carbonyl (C=O) groups is 1. The van der Waals surface area contributed by atoms with Gasteiger partial charge in [0.1, 0.15) is 0 Å². The second-order valence-corrected chi connectivity index (χ2v) is 2.02. The van der Waals surface area contributed by atoms with E-state index in [4.69, 9.17) is 10.8 Å². The molecule has 0 aliphatic heterocycles. The third kappa shape index (κ3) is 2.09. The van der Waals surface area contributed by atoms with Gasteiger partial charge in [-0.15, -0.1) is 0 Å². The van der Waals surface area contributed by atoms with Crippen LogP contribution < -0.4 is 5.73 Å². The van der Waals surface area contributed by atoms with Crippen LogP contribution in [0.2, 0.25) is 0 Å².